The van der Waals surface area contributed by atoms with E-state index in [4.69, 9.17) is 5.73 Å². The third-order valence-electron chi connectivity index (χ3n) is 2.34. The second-order valence-corrected chi connectivity index (χ2v) is 3.31. The standard InChI is InChI=1S/C9H11N3O/c1-5-7-3-2-6(13)4-8(7)12-9(10)11-5/h2-4H2,1H3,(H2,10,11,12). The average molecular weight is 177 g/mol. The summed E-state index contributed by atoms with van der Waals surface area (Å²) >= 11 is 0. The Hall–Kier alpha value is -1.45. The third-order valence-corrected chi connectivity index (χ3v) is 2.34. The van der Waals surface area contributed by atoms with Crippen molar-refractivity contribution in [3.63, 3.8) is 0 Å². The number of fused-ring (bicyclic) bond motifs is 1. The van der Waals surface area contributed by atoms with Crippen molar-refractivity contribution in [2.45, 2.75) is 26.2 Å². The summed E-state index contributed by atoms with van der Waals surface area (Å²) in [6.07, 6.45) is 1.80. The minimum atomic E-state index is 0.241. The van der Waals surface area contributed by atoms with E-state index in [1.165, 1.54) is 0 Å². The van der Waals surface area contributed by atoms with Crippen molar-refractivity contribution < 1.29 is 4.79 Å². The number of aromatic nitrogens is 2. The quantitative estimate of drug-likeness (QED) is 0.623. The van der Waals surface area contributed by atoms with Gasteiger partial charge in [0.05, 0.1) is 5.69 Å². The molecule has 2 N–H and O–H groups in total. The van der Waals surface area contributed by atoms with Crippen molar-refractivity contribution in [1.82, 2.24) is 9.97 Å². The van der Waals surface area contributed by atoms with E-state index in [0.29, 0.717) is 12.8 Å². The van der Waals surface area contributed by atoms with Gasteiger partial charge in [0, 0.05) is 18.5 Å². The van der Waals surface area contributed by atoms with Crippen LogP contribution in [0.4, 0.5) is 5.95 Å². The molecule has 68 valence electrons. The van der Waals surface area contributed by atoms with Gasteiger partial charge in [0.25, 0.3) is 0 Å². The monoisotopic (exact) mass is 177 g/mol. The van der Waals surface area contributed by atoms with Gasteiger partial charge in [0.2, 0.25) is 5.95 Å². The fourth-order valence-corrected chi connectivity index (χ4v) is 1.69. The van der Waals surface area contributed by atoms with Crippen LogP contribution in [0, 0.1) is 6.92 Å². The predicted molar refractivity (Wildman–Crippen MR) is 48.2 cm³/mol. The molecule has 1 aromatic rings. The Balaban J connectivity index is 2.53. The van der Waals surface area contributed by atoms with E-state index in [1.807, 2.05) is 6.92 Å². The minimum Gasteiger partial charge on any atom is -0.368 e. The number of nitrogen functional groups attached to an aromatic ring is 1. The lowest BCUT2D eigenvalue weighted by Crippen LogP contribution is -2.18. The van der Waals surface area contributed by atoms with Gasteiger partial charge in [-0.1, -0.05) is 0 Å². The summed E-state index contributed by atoms with van der Waals surface area (Å²) in [5.74, 6) is 0.510. The number of nitrogens with two attached hydrogens (primary N) is 1. The number of hydrogen-bond donors (Lipinski definition) is 1. The first-order chi connectivity index (χ1) is 6.16. The Morgan fingerprint density at radius 2 is 2.08 bits per heavy atom. The summed E-state index contributed by atoms with van der Waals surface area (Å²) in [7, 11) is 0. The molecule has 1 heterocycles. The molecule has 0 unspecified atom stereocenters. The van der Waals surface area contributed by atoms with Gasteiger partial charge in [-0.05, 0) is 18.9 Å². The molecule has 1 aromatic heterocycles. The van der Waals surface area contributed by atoms with Gasteiger partial charge in [-0.25, -0.2) is 9.97 Å². The van der Waals surface area contributed by atoms with Gasteiger partial charge in [-0.15, -0.1) is 0 Å². The van der Waals surface area contributed by atoms with E-state index in [2.05, 4.69) is 9.97 Å². The highest BCUT2D eigenvalue weighted by atomic mass is 16.1. The number of aryl methyl sites for hydroxylation is 1. The van der Waals surface area contributed by atoms with E-state index < -0.39 is 0 Å². The zero-order valence-electron chi connectivity index (χ0n) is 7.50. The SMILES string of the molecule is Cc1nc(N)nc2c1CCC(=O)C2. The lowest BCUT2D eigenvalue weighted by Gasteiger charge is -2.15. The molecule has 1 aliphatic rings. The molecule has 13 heavy (non-hydrogen) atoms. The Kier molecular flexibility index (Phi) is 1.76. The van der Waals surface area contributed by atoms with Gasteiger partial charge < -0.3 is 5.73 Å². The first-order valence-electron chi connectivity index (χ1n) is 4.30. The molecule has 0 amide bonds. The van der Waals surface area contributed by atoms with Crippen molar-refractivity contribution in [3.8, 4) is 0 Å². The summed E-state index contributed by atoms with van der Waals surface area (Å²) in [5.41, 5.74) is 8.33. The molecular weight excluding hydrogens is 166 g/mol. The topological polar surface area (TPSA) is 68.9 Å². The molecule has 2 rings (SSSR count). The number of carbonyl (C=O) groups excluding carboxylic acids is 1. The van der Waals surface area contributed by atoms with Crippen LogP contribution in [0.2, 0.25) is 0 Å². The largest absolute Gasteiger partial charge is 0.368 e. The third kappa shape index (κ3) is 1.39. The van der Waals surface area contributed by atoms with Gasteiger partial charge in [-0.2, -0.15) is 0 Å². The van der Waals surface area contributed by atoms with Crippen molar-refractivity contribution in [1.29, 1.82) is 0 Å². The Labute approximate surface area is 76.2 Å². The van der Waals surface area contributed by atoms with Gasteiger partial charge in [0.15, 0.2) is 0 Å². The summed E-state index contributed by atoms with van der Waals surface area (Å²) < 4.78 is 0. The maximum absolute atomic E-state index is 11.1. The maximum Gasteiger partial charge on any atom is 0.220 e. The van der Waals surface area contributed by atoms with E-state index in [9.17, 15) is 4.79 Å². The van der Waals surface area contributed by atoms with Gasteiger partial charge >= 0.3 is 0 Å². The number of ketones is 1. The minimum absolute atomic E-state index is 0.241. The number of hydrogen-bond acceptors (Lipinski definition) is 4. The Bertz CT molecular complexity index is 373. The number of Topliss-reactive ketones (excluding diaryl/α,β-unsaturated/α-hetero) is 1. The van der Waals surface area contributed by atoms with Crippen LogP contribution in [0.5, 0.6) is 0 Å². The molecule has 0 radical (unpaired) electrons. The van der Waals surface area contributed by atoms with E-state index in [0.717, 1.165) is 23.4 Å². The molecule has 0 bridgehead atoms. The van der Waals surface area contributed by atoms with Crippen LogP contribution < -0.4 is 5.73 Å². The second kappa shape index (κ2) is 2.80. The van der Waals surface area contributed by atoms with E-state index in [1.54, 1.807) is 0 Å². The molecule has 0 aliphatic heterocycles. The van der Waals surface area contributed by atoms with Gasteiger partial charge in [-0.3, -0.25) is 4.79 Å². The molecule has 0 saturated carbocycles. The molecule has 0 aromatic carbocycles. The zero-order chi connectivity index (χ0) is 9.42. The zero-order valence-corrected chi connectivity index (χ0v) is 7.50. The molecule has 1 aliphatic carbocycles. The molecule has 0 fully saturated rings. The summed E-state index contributed by atoms with van der Waals surface area (Å²) in [4.78, 5) is 19.3. The van der Waals surface area contributed by atoms with Crippen LogP contribution in [0.25, 0.3) is 0 Å². The number of rotatable bonds is 0. The lowest BCUT2D eigenvalue weighted by molar-refractivity contribution is -0.118. The number of carbonyl (C=O) groups is 1. The highest BCUT2D eigenvalue weighted by Gasteiger charge is 2.19. The summed E-state index contributed by atoms with van der Waals surface area (Å²) in [6.45, 7) is 1.91. The normalized spacial score (nSPS) is 15.6. The highest BCUT2D eigenvalue weighted by molar-refractivity contribution is 5.82. The lowest BCUT2D eigenvalue weighted by atomic mass is 9.94. The smallest absolute Gasteiger partial charge is 0.220 e. The van der Waals surface area contributed by atoms with Crippen LogP contribution in [0.1, 0.15) is 23.4 Å². The van der Waals surface area contributed by atoms with E-state index >= 15 is 0 Å². The molecular formula is C9H11N3O. The predicted octanol–water partition coefficient (Wildman–Crippen LogP) is 0.425. The van der Waals surface area contributed by atoms with Crippen LogP contribution in [-0.4, -0.2) is 15.8 Å². The average Bonchev–Trinajstić information content (AvgIpc) is 2.02. The van der Waals surface area contributed by atoms with Crippen molar-refractivity contribution in [2.24, 2.45) is 0 Å². The summed E-state index contributed by atoms with van der Waals surface area (Å²) in [6, 6.07) is 0. The maximum atomic E-state index is 11.1. The van der Waals surface area contributed by atoms with Crippen LogP contribution in [0.3, 0.4) is 0 Å². The van der Waals surface area contributed by atoms with Crippen molar-refractivity contribution in [2.75, 3.05) is 5.73 Å². The molecule has 0 saturated heterocycles. The van der Waals surface area contributed by atoms with Crippen molar-refractivity contribution in [3.05, 3.63) is 17.0 Å². The van der Waals surface area contributed by atoms with Gasteiger partial charge in [0.1, 0.15) is 5.78 Å². The summed E-state index contributed by atoms with van der Waals surface area (Å²) in [5, 5.41) is 0. The number of nitrogens with zero attached hydrogens (tertiary/aromatic N) is 2. The molecule has 4 nitrogen and oxygen atoms in total. The fraction of sp³-hybridized carbons (Fsp3) is 0.444. The van der Waals surface area contributed by atoms with Crippen LogP contribution in [0.15, 0.2) is 0 Å². The molecule has 0 atom stereocenters. The molecule has 4 heteroatoms. The van der Waals surface area contributed by atoms with E-state index in [-0.39, 0.29) is 11.7 Å². The van der Waals surface area contributed by atoms with Crippen molar-refractivity contribution >= 4 is 11.7 Å². The first-order valence-corrected chi connectivity index (χ1v) is 4.30. The Morgan fingerprint density at radius 1 is 1.31 bits per heavy atom. The first kappa shape index (κ1) is 8.16. The fourth-order valence-electron chi connectivity index (χ4n) is 1.69. The Morgan fingerprint density at radius 3 is 2.85 bits per heavy atom. The second-order valence-electron chi connectivity index (χ2n) is 3.31. The van der Waals surface area contributed by atoms with Crippen LogP contribution >= 0.6 is 0 Å². The highest BCUT2D eigenvalue weighted by Crippen LogP contribution is 2.20. The molecule has 0 spiro atoms. The van der Waals surface area contributed by atoms with Crippen LogP contribution in [-0.2, 0) is 17.6 Å². The number of anilines is 1.